The number of hydrogen-bond acceptors (Lipinski definition) is 5. The van der Waals surface area contributed by atoms with Crippen LogP contribution in [0.5, 0.6) is 5.75 Å². The third kappa shape index (κ3) is 4.41. The van der Waals surface area contributed by atoms with Gasteiger partial charge in [-0.05, 0) is 69.1 Å². The fraction of sp³-hybridized carbons (Fsp3) is 0.538. The normalized spacial score (nSPS) is 23.5. The van der Waals surface area contributed by atoms with Gasteiger partial charge in [0.2, 0.25) is 0 Å². The highest BCUT2D eigenvalue weighted by Gasteiger charge is 2.43. The molecular formula is C26H33NO4. The van der Waals surface area contributed by atoms with Crippen LogP contribution >= 0.6 is 0 Å². The first-order chi connectivity index (χ1) is 14.8. The molecule has 1 aliphatic heterocycles. The molecule has 2 aliphatic carbocycles. The average Bonchev–Trinajstić information content (AvgIpc) is 3.19. The highest BCUT2D eigenvalue weighted by Crippen LogP contribution is 2.47. The summed E-state index contributed by atoms with van der Waals surface area (Å²) in [6.07, 6.45) is 6.19. The largest absolute Gasteiger partial charge is 0.490 e. The van der Waals surface area contributed by atoms with Gasteiger partial charge in [-0.1, -0.05) is 26.0 Å². The van der Waals surface area contributed by atoms with E-state index >= 15 is 0 Å². The van der Waals surface area contributed by atoms with Crippen molar-refractivity contribution < 1.29 is 19.1 Å². The number of ether oxygens (including phenoxy) is 2. The van der Waals surface area contributed by atoms with Crippen LogP contribution < -0.4 is 10.1 Å². The summed E-state index contributed by atoms with van der Waals surface area (Å²) in [6.45, 7) is 8.21. The zero-order valence-corrected chi connectivity index (χ0v) is 19.0. The van der Waals surface area contributed by atoms with Crippen molar-refractivity contribution in [2.24, 2.45) is 5.41 Å². The molecule has 1 atom stereocenters. The standard InChI is InChI=1S/C26H33NO4/c1-5-30-25(29)22-16(2)27-20-14-26(3,4)15-21(28)24(20)23(22)17-10-12-19(13-11-17)31-18-8-6-7-9-18/h10-13,18,23,27H,5-9,14-15H2,1-4H3/t23-/m1/s1. The molecule has 31 heavy (non-hydrogen) atoms. The van der Waals surface area contributed by atoms with E-state index in [1.165, 1.54) is 12.8 Å². The minimum atomic E-state index is -0.417. The molecule has 0 aromatic heterocycles. The third-order valence-electron chi connectivity index (χ3n) is 6.55. The first kappa shape index (κ1) is 21.7. The molecule has 3 aliphatic rings. The number of benzene rings is 1. The SMILES string of the molecule is CCOC(=O)C1=C(C)NC2=C(C(=O)CC(C)(C)C2)[C@@H]1c1ccc(OC2CCCC2)cc1. The molecule has 5 heteroatoms. The molecule has 0 unspecified atom stereocenters. The maximum absolute atomic E-state index is 13.3. The Bertz CT molecular complexity index is 933. The smallest absolute Gasteiger partial charge is 0.336 e. The van der Waals surface area contributed by atoms with Gasteiger partial charge in [0.1, 0.15) is 5.75 Å². The predicted octanol–water partition coefficient (Wildman–Crippen LogP) is 5.18. The van der Waals surface area contributed by atoms with Crippen LogP contribution in [0.3, 0.4) is 0 Å². The molecule has 1 saturated carbocycles. The Morgan fingerprint density at radius 2 is 1.81 bits per heavy atom. The number of carbonyl (C=O) groups excluding carboxylic acids is 2. The summed E-state index contributed by atoms with van der Waals surface area (Å²) in [4.78, 5) is 26.2. The molecule has 5 nitrogen and oxygen atoms in total. The number of nitrogens with one attached hydrogen (secondary N) is 1. The molecule has 1 aromatic rings. The Morgan fingerprint density at radius 3 is 2.45 bits per heavy atom. The lowest BCUT2D eigenvalue weighted by atomic mass is 9.68. The van der Waals surface area contributed by atoms with Crippen molar-refractivity contribution in [2.45, 2.75) is 78.2 Å². The lowest BCUT2D eigenvalue weighted by Crippen LogP contribution is -2.38. The predicted molar refractivity (Wildman–Crippen MR) is 120 cm³/mol. The van der Waals surface area contributed by atoms with Crippen LogP contribution in [0, 0.1) is 5.41 Å². The van der Waals surface area contributed by atoms with E-state index in [0.717, 1.165) is 42.0 Å². The van der Waals surface area contributed by atoms with Gasteiger partial charge in [-0.3, -0.25) is 4.79 Å². The Labute approximate surface area is 184 Å². The van der Waals surface area contributed by atoms with Crippen molar-refractivity contribution in [1.29, 1.82) is 0 Å². The molecule has 1 fully saturated rings. The van der Waals surface area contributed by atoms with E-state index < -0.39 is 5.92 Å². The van der Waals surface area contributed by atoms with E-state index in [-0.39, 0.29) is 17.2 Å². The molecule has 0 amide bonds. The maximum Gasteiger partial charge on any atom is 0.336 e. The Hall–Kier alpha value is -2.56. The Morgan fingerprint density at radius 1 is 1.13 bits per heavy atom. The molecule has 0 bridgehead atoms. The summed E-state index contributed by atoms with van der Waals surface area (Å²) >= 11 is 0. The van der Waals surface area contributed by atoms with Gasteiger partial charge in [0.05, 0.1) is 18.3 Å². The van der Waals surface area contributed by atoms with Gasteiger partial charge in [-0.25, -0.2) is 4.79 Å². The van der Waals surface area contributed by atoms with Crippen molar-refractivity contribution in [1.82, 2.24) is 5.32 Å². The van der Waals surface area contributed by atoms with Gasteiger partial charge >= 0.3 is 5.97 Å². The molecule has 166 valence electrons. The Balaban J connectivity index is 1.72. The lowest BCUT2D eigenvalue weighted by Gasteiger charge is -2.39. The number of rotatable bonds is 5. The summed E-state index contributed by atoms with van der Waals surface area (Å²) in [6, 6.07) is 7.91. The highest BCUT2D eigenvalue weighted by atomic mass is 16.5. The minimum Gasteiger partial charge on any atom is -0.490 e. The van der Waals surface area contributed by atoms with Crippen LogP contribution in [0.4, 0.5) is 0 Å². The second-order valence-electron chi connectivity index (χ2n) is 9.74. The first-order valence-electron chi connectivity index (χ1n) is 11.5. The topological polar surface area (TPSA) is 64.6 Å². The van der Waals surface area contributed by atoms with Crippen molar-refractivity contribution in [3.05, 3.63) is 52.4 Å². The maximum atomic E-state index is 13.3. The second kappa shape index (κ2) is 8.52. The van der Waals surface area contributed by atoms with Gasteiger partial charge in [0, 0.05) is 29.3 Å². The summed E-state index contributed by atoms with van der Waals surface area (Å²) < 4.78 is 11.5. The van der Waals surface area contributed by atoms with Gasteiger partial charge in [-0.15, -0.1) is 0 Å². The number of hydrogen-bond donors (Lipinski definition) is 1. The molecular weight excluding hydrogens is 390 g/mol. The van der Waals surface area contributed by atoms with E-state index in [9.17, 15) is 9.59 Å². The monoisotopic (exact) mass is 423 g/mol. The summed E-state index contributed by atoms with van der Waals surface area (Å²) in [5.74, 6) is 0.157. The zero-order chi connectivity index (χ0) is 22.2. The van der Waals surface area contributed by atoms with E-state index in [2.05, 4.69) is 19.2 Å². The van der Waals surface area contributed by atoms with Crippen molar-refractivity contribution in [3.63, 3.8) is 0 Å². The van der Waals surface area contributed by atoms with Crippen LogP contribution in [-0.2, 0) is 14.3 Å². The molecule has 4 rings (SSSR count). The summed E-state index contributed by atoms with van der Waals surface area (Å²) in [5, 5.41) is 3.37. The number of Topliss-reactive ketones (excluding diaryl/α,β-unsaturated/α-hetero) is 1. The number of dihydropyridines is 1. The van der Waals surface area contributed by atoms with Gasteiger partial charge in [0.25, 0.3) is 0 Å². The van der Waals surface area contributed by atoms with Crippen molar-refractivity contribution >= 4 is 11.8 Å². The zero-order valence-electron chi connectivity index (χ0n) is 19.0. The van der Waals surface area contributed by atoms with Gasteiger partial charge in [0.15, 0.2) is 5.78 Å². The van der Waals surface area contributed by atoms with Gasteiger partial charge in [-0.2, -0.15) is 0 Å². The van der Waals surface area contributed by atoms with E-state index in [1.807, 2.05) is 31.2 Å². The molecule has 0 radical (unpaired) electrons. The molecule has 1 aromatic carbocycles. The van der Waals surface area contributed by atoms with E-state index in [1.54, 1.807) is 6.92 Å². The number of ketones is 1. The average molecular weight is 424 g/mol. The Kier molecular flexibility index (Phi) is 5.96. The quantitative estimate of drug-likeness (QED) is 0.662. The lowest BCUT2D eigenvalue weighted by molar-refractivity contribution is -0.138. The molecule has 1 heterocycles. The van der Waals surface area contributed by atoms with Crippen LogP contribution in [0.2, 0.25) is 0 Å². The van der Waals surface area contributed by atoms with E-state index in [0.29, 0.717) is 30.3 Å². The molecule has 1 N–H and O–H groups in total. The highest BCUT2D eigenvalue weighted by molar-refractivity contribution is 6.04. The number of esters is 1. The fourth-order valence-corrected chi connectivity index (χ4v) is 5.19. The summed E-state index contributed by atoms with van der Waals surface area (Å²) in [5.41, 5.74) is 3.74. The number of carbonyl (C=O) groups is 2. The van der Waals surface area contributed by atoms with Crippen molar-refractivity contribution in [3.8, 4) is 5.75 Å². The third-order valence-corrected chi connectivity index (χ3v) is 6.55. The first-order valence-corrected chi connectivity index (χ1v) is 11.5. The summed E-state index contributed by atoms with van der Waals surface area (Å²) in [7, 11) is 0. The fourth-order valence-electron chi connectivity index (χ4n) is 5.19. The van der Waals surface area contributed by atoms with E-state index in [4.69, 9.17) is 9.47 Å². The second-order valence-corrected chi connectivity index (χ2v) is 9.74. The number of allylic oxidation sites excluding steroid dienone is 3. The minimum absolute atomic E-state index is 0.101. The molecule has 0 saturated heterocycles. The van der Waals surface area contributed by atoms with Crippen LogP contribution in [0.25, 0.3) is 0 Å². The van der Waals surface area contributed by atoms with Crippen LogP contribution in [0.1, 0.15) is 77.7 Å². The van der Waals surface area contributed by atoms with Crippen molar-refractivity contribution in [2.75, 3.05) is 6.61 Å². The van der Waals surface area contributed by atoms with Crippen LogP contribution in [-0.4, -0.2) is 24.5 Å². The molecule has 0 spiro atoms. The van der Waals surface area contributed by atoms with Gasteiger partial charge < -0.3 is 14.8 Å². The van der Waals surface area contributed by atoms with Crippen LogP contribution in [0.15, 0.2) is 46.8 Å².